The average Bonchev–Trinajstić information content (AvgIpc) is 2.14. The summed E-state index contributed by atoms with van der Waals surface area (Å²) in [6.07, 6.45) is 10.4. The molecule has 0 spiro atoms. The van der Waals surface area contributed by atoms with Crippen molar-refractivity contribution in [2.24, 2.45) is 0 Å². The average molecular weight is 182 g/mol. The van der Waals surface area contributed by atoms with Crippen LogP contribution >= 0.6 is 11.8 Å². The van der Waals surface area contributed by atoms with Crippen molar-refractivity contribution >= 4 is 11.8 Å². The normalized spacial score (nSPS) is 15.6. The molecule has 0 amide bonds. The molecule has 0 aromatic rings. The molecule has 0 aromatic heterocycles. The fourth-order valence-electron chi connectivity index (χ4n) is 1.16. The molecule has 0 saturated heterocycles. The molecule has 0 aliphatic carbocycles. The first-order valence-corrected chi connectivity index (χ1v) is 5.52. The topological polar surface area (TPSA) is 14.1 Å². The van der Waals surface area contributed by atoms with E-state index in [1.54, 1.807) is 0 Å². The summed E-state index contributed by atoms with van der Waals surface area (Å²) < 4.78 is 0. The molecule has 1 radical (unpaired) electrons. The minimum Gasteiger partial charge on any atom is -0.263 e. The van der Waals surface area contributed by atoms with Gasteiger partial charge in [0, 0.05) is 17.3 Å². The fraction of sp³-hybridized carbons (Fsp3) is 0.600. The molecular formula is C10H16NS. The Morgan fingerprint density at radius 2 is 2.25 bits per heavy atom. The lowest BCUT2D eigenvalue weighted by molar-refractivity contribution is 0.671. The second kappa shape index (κ2) is 6.18. The maximum absolute atomic E-state index is 4.09. The monoisotopic (exact) mass is 182 g/mol. The second-order valence-electron chi connectivity index (χ2n) is 2.96. The molecule has 12 heavy (non-hydrogen) atoms. The molecular weight excluding hydrogens is 166 g/mol. The van der Waals surface area contributed by atoms with Gasteiger partial charge < -0.3 is 0 Å². The van der Waals surface area contributed by atoms with Crippen LogP contribution < -0.4 is 5.32 Å². The highest BCUT2D eigenvalue weighted by molar-refractivity contribution is 8.05. The van der Waals surface area contributed by atoms with Crippen molar-refractivity contribution < 1.29 is 0 Å². The predicted molar refractivity (Wildman–Crippen MR) is 55.7 cm³/mol. The Kier molecular flexibility index (Phi) is 5.00. The first kappa shape index (κ1) is 9.72. The van der Waals surface area contributed by atoms with Crippen LogP contribution in [0.1, 0.15) is 39.0 Å². The highest BCUT2D eigenvalue weighted by Crippen LogP contribution is 2.24. The molecule has 1 aliphatic rings. The number of unbranched alkanes of at least 4 members (excludes halogenated alkanes) is 3. The van der Waals surface area contributed by atoms with Crippen LogP contribution in [0.4, 0.5) is 0 Å². The van der Waals surface area contributed by atoms with Crippen LogP contribution in [0, 0.1) is 0 Å². The molecule has 0 aromatic carbocycles. The van der Waals surface area contributed by atoms with Crippen LogP contribution in [0.3, 0.4) is 0 Å². The zero-order valence-electron chi connectivity index (χ0n) is 7.62. The van der Waals surface area contributed by atoms with E-state index in [2.05, 4.69) is 17.6 Å². The van der Waals surface area contributed by atoms with Crippen molar-refractivity contribution in [3.8, 4) is 0 Å². The zero-order chi connectivity index (χ0) is 8.65. The van der Waals surface area contributed by atoms with Crippen LogP contribution in [0.5, 0.6) is 0 Å². The largest absolute Gasteiger partial charge is 0.263 e. The van der Waals surface area contributed by atoms with E-state index in [9.17, 15) is 0 Å². The number of hydrogen-bond acceptors (Lipinski definition) is 1. The predicted octanol–water partition coefficient (Wildman–Crippen LogP) is 3.62. The van der Waals surface area contributed by atoms with E-state index >= 15 is 0 Å². The Bertz CT molecular complexity index is 173. The number of hydrogen-bond donors (Lipinski definition) is 0. The number of allylic oxidation sites excluding steroid dienone is 1. The van der Waals surface area contributed by atoms with Crippen LogP contribution in [0.25, 0.3) is 0 Å². The van der Waals surface area contributed by atoms with Gasteiger partial charge in [-0.05, 0) is 18.2 Å². The number of nitrogens with zero attached hydrogens (tertiary/aromatic N) is 1. The van der Waals surface area contributed by atoms with E-state index in [4.69, 9.17) is 0 Å². The Morgan fingerprint density at radius 3 is 2.92 bits per heavy atom. The van der Waals surface area contributed by atoms with E-state index in [1.807, 2.05) is 24.2 Å². The van der Waals surface area contributed by atoms with Gasteiger partial charge in [0.25, 0.3) is 0 Å². The van der Waals surface area contributed by atoms with Crippen molar-refractivity contribution in [2.45, 2.75) is 39.0 Å². The lowest BCUT2D eigenvalue weighted by atomic mass is 10.1. The van der Waals surface area contributed by atoms with Gasteiger partial charge in [-0.1, -0.05) is 37.9 Å². The van der Waals surface area contributed by atoms with Gasteiger partial charge in [-0.15, -0.1) is 0 Å². The summed E-state index contributed by atoms with van der Waals surface area (Å²) in [7, 11) is 0. The molecule has 0 saturated carbocycles. The third kappa shape index (κ3) is 3.86. The molecule has 0 bridgehead atoms. The lowest BCUT2D eigenvalue weighted by Gasteiger charge is -2.06. The van der Waals surface area contributed by atoms with E-state index in [-0.39, 0.29) is 0 Å². The highest BCUT2D eigenvalue weighted by atomic mass is 32.2. The van der Waals surface area contributed by atoms with E-state index < -0.39 is 0 Å². The van der Waals surface area contributed by atoms with Crippen LogP contribution in [-0.4, -0.2) is 0 Å². The summed E-state index contributed by atoms with van der Waals surface area (Å²) in [6, 6.07) is 0. The van der Waals surface area contributed by atoms with E-state index in [1.165, 1.54) is 37.0 Å². The molecule has 0 N–H and O–H groups in total. The van der Waals surface area contributed by atoms with Gasteiger partial charge in [-0.3, -0.25) is 5.32 Å². The third-order valence-electron chi connectivity index (χ3n) is 1.86. The molecule has 67 valence electrons. The Labute approximate surface area is 79.3 Å². The molecule has 0 fully saturated rings. The van der Waals surface area contributed by atoms with Crippen molar-refractivity contribution in [3.05, 3.63) is 22.7 Å². The Balaban J connectivity index is 2.03. The fourth-order valence-corrected chi connectivity index (χ4v) is 1.85. The molecule has 1 aliphatic heterocycles. The van der Waals surface area contributed by atoms with Gasteiger partial charge in [-0.2, -0.15) is 0 Å². The maximum atomic E-state index is 4.09. The lowest BCUT2D eigenvalue weighted by Crippen LogP contribution is -1.90. The minimum atomic E-state index is 1.21. The molecule has 0 atom stereocenters. The van der Waals surface area contributed by atoms with Crippen LogP contribution in [-0.2, 0) is 0 Å². The van der Waals surface area contributed by atoms with Crippen molar-refractivity contribution in [3.63, 3.8) is 0 Å². The van der Waals surface area contributed by atoms with Gasteiger partial charge in [0.2, 0.25) is 0 Å². The van der Waals surface area contributed by atoms with Crippen LogP contribution in [0.15, 0.2) is 22.7 Å². The Morgan fingerprint density at radius 1 is 1.33 bits per heavy atom. The van der Waals surface area contributed by atoms with E-state index in [0.29, 0.717) is 0 Å². The molecule has 1 nitrogen and oxygen atoms in total. The van der Waals surface area contributed by atoms with Gasteiger partial charge in [0.05, 0.1) is 0 Å². The van der Waals surface area contributed by atoms with Gasteiger partial charge in [0.15, 0.2) is 0 Å². The first-order valence-electron chi connectivity index (χ1n) is 4.64. The van der Waals surface area contributed by atoms with Crippen LogP contribution in [0.2, 0.25) is 0 Å². The second-order valence-corrected chi connectivity index (χ2v) is 3.99. The summed E-state index contributed by atoms with van der Waals surface area (Å²) >= 11 is 1.81. The zero-order valence-corrected chi connectivity index (χ0v) is 8.44. The first-order chi connectivity index (χ1) is 5.93. The van der Waals surface area contributed by atoms with E-state index in [0.717, 1.165) is 0 Å². The van der Waals surface area contributed by atoms with Gasteiger partial charge in [0.1, 0.15) is 0 Å². The van der Waals surface area contributed by atoms with Gasteiger partial charge in [-0.25, -0.2) is 0 Å². The quantitative estimate of drug-likeness (QED) is 0.592. The summed E-state index contributed by atoms with van der Waals surface area (Å²) in [5.74, 6) is 0. The highest BCUT2D eigenvalue weighted by Gasteiger charge is 1.99. The summed E-state index contributed by atoms with van der Waals surface area (Å²) in [5, 5.41) is 6.14. The number of thioether (sulfide) groups is 1. The molecule has 0 unspecified atom stereocenters. The summed E-state index contributed by atoms with van der Waals surface area (Å²) in [6.45, 7) is 2.24. The van der Waals surface area contributed by atoms with Crippen molar-refractivity contribution in [1.82, 2.24) is 5.32 Å². The van der Waals surface area contributed by atoms with Gasteiger partial charge >= 0.3 is 0 Å². The standard InChI is InChI=1S/C10H16NS/c1-2-3-4-5-6-10-9-11-7-8-12-10/h7-9H,2-6H2,1H3. The SMILES string of the molecule is CCCCCCC1=C[N]C=CS1. The summed E-state index contributed by atoms with van der Waals surface area (Å²) in [4.78, 5) is 1.41. The molecule has 1 heterocycles. The number of rotatable bonds is 5. The maximum Gasteiger partial charge on any atom is 0.0366 e. The van der Waals surface area contributed by atoms with Crippen molar-refractivity contribution in [2.75, 3.05) is 0 Å². The molecule has 2 heteroatoms. The Hall–Kier alpha value is -0.370. The van der Waals surface area contributed by atoms with Crippen molar-refractivity contribution in [1.29, 1.82) is 0 Å². The smallest absolute Gasteiger partial charge is 0.0366 e. The minimum absolute atomic E-state index is 1.21. The summed E-state index contributed by atoms with van der Waals surface area (Å²) in [5.41, 5.74) is 0. The molecule has 1 rings (SSSR count). The third-order valence-corrected chi connectivity index (χ3v) is 2.73.